The minimum atomic E-state index is -0.203. The van der Waals surface area contributed by atoms with Crippen LogP contribution in [-0.2, 0) is 6.54 Å². The molecule has 3 rings (SSSR count). The topological polar surface area (TPSA) is 29.9 Å². The van der Waals surface area contributed by atoms with Gasteiger partial charge in [0.2, 0.25) is 0 Å². The van der Waals surface area contributed by atoms with Crippen molar-refractivity contribution < 1.29 is 4.39 Å². The molecule has 1 N–H and O–H groups in total. The van der Waals surface area contributed by atoms with Gasteiger partial charge in [-0.2, -0.15) is 5.10 Å². The van der Waals surface area contributed by atoms with Crippen molar-refractivity contribution in [1.29, 1.82) is 0 Å². The van der Waals surface area contributed by atoms with Crippen molar-refractivity contribution in [3.8, 4) is 11.1 Å². The molecule has 1 saturated heterocycles. The van der Waals surface area contributed by atoms with Gasteiger partial charge in [0.15, 0.2) is 0 Å². The second-order valence-electron chi connectivity index (χ2n) is 5.22. The van der Waals surface area contributed by atoms with Gasteiger partial charge < -0.3 is 5.32 Å². The molecular weight excluding hydrogens is 241 g/mol. The SMILES string of the molecule is Cc1nn(CC2CCNC2)cc1-c1ccc(F)cc1. The van der Waals surface area contributed by atoms with Crippen LogP contribution in [0.1, 0.15) is 12.1 Å². The number of hydrogen-bond donors (Lipinski definition) is 1. The molecule has 0 bridgehead atoms. The van der Waals surface area contributed by atoms with E-state index in [4.69, 9.17) is 0 Å². The first kappa shape index (κ1) is 12.4. The standard InChI is InChI=1S/C15H18FN3/c1-11-15(13-2-4-14(16)5-3-13)10-19(18-11)9-12-6-7-17-8-12/h2-5,10,12,17H,6-9H2,1H3. The van der Waals surface area contributed by atoms with Crippen LogP contribution in [0.3, 0.4) is 0 Å². The van der Waals surface area contributed by atoms with Gasteiger partial charge in [0.1, 0.15) is 5.82 Å². The molecule has 1 aromatic heterocycles. The second-order valence-corrected chi connectivity index (χ2v) is 5.22. The summed E-state index contributed by atoms with van der Waals surface area (Å²) >= 11 is 0. The summed E-state index contributed by atoms with van der Waals surface area (Å²) in [5.74, 6) is 0.464. The highest BCUT2D eigenvalue weighted by atomic mass is 19.1. The van der Waals surface area contributed by atoms with Crippen LogP contribution in [-0.4, -0.2) is 22.9 Å². The molecule has 1 aliphatic heterocycles. The third kappa shape index (κ3) is 2.68. The van der Waals surface area contributed by atoms with E-state index < -0.39 is 0 Å². The Labute approximate surface area is 112 Å². The molecule has 2 heterocycles. The Bertz CT molecular complexity index is 553. The van der Waals surface area contributed by atoms with Gasteiger partial charge in [0.25, 0.3) is 0 Å². The van der Waals surface area contributed by atoms with Crippen LogP contribution in [0.2, 0.25) is 0 Å². The Balaban J connectivity index is 1.82. The minimum Gasteiger partial charge on any atom is -0.316 e. The van der Waals surface area contributed by atoms with Crippen LogP contribution in [0.4, 0.5) is 4.39 Å². The van der Waals surface area contributed by atoms with E-state index in [-0.39, 0.29) is 5.82 Å². The maximum Gasteiger partial charge on any atom is 0.123 e. The summed E-state index contributed by atoms with van der Waals surface area (Å²) in [5, 5.41) is 7.94. The highest BCUT2D eigenvalue weighted by Crippen LogP contribution is 2.23. The lowest BCUT2D eigenvalue weighted by molar-refractivity contribution is 0.448. The Morgan fingerprint density at radius 1 is 1.37 bits per heavy atom. The number of hydrogen-bond acceptors (Lipinski definition) is 2. The molecule has 1 aliphatic rings. The number of aromatic nitrogens is 2. The van der Waals surface area contributed by atoms with Crippen molar-refractivity contribution in [2.24, 2.45) is 5.92 Å². The van der Waals surface area contributed by atoms with Gasteiger partial charge in [0, 0.05) is 18.3 Å². The average Bonchev–Trinajstić information content (AvgIpc) is 3.01. The molecule has 1 fully saturated rings. The summed E-state index contributed by atoms with van der Waals surface area (Å²) < 4.78 is 15.0. The molecule has 2 aromatic rings. The Kier molecular flexibility index (Phi) is 3.34. The van der Waals surface area contributed by atoms with Crippen molar-refractivity contribution in [2.75, 3.05) is 13.1 Å². The lowest BCUT2D eigenvalue weighted by Crippen LogP contribution is -2.14. The van der Waals surface area contributed by atoms with Crippen LogP contribution in [0, 0.1) is 18.7 Å². The molecule has 1 unspecified atom stereocenters. The van der Waals surface area contributed by atoms with E-state index in [2.05, 4.69) is 16.6 Å². The lowest BCUT2D eigenvalue weighted by atomic mass is 10.1. The third-order valence-corrected chi connectivity index (χ3v) is 3.71. The van der Waals surface area contributed by atoms with Gasteiger partial charge in [-0.3, -0.25) is 4.68 Å². The molecule has 0 amide bonds. The number of benzene rings is 1. The monoisotopic (exact) mass is 259 g/mol. The maximum atomic E-state index is 13.0. The maximum absolute atomic E-state index is 13.0. The first-order valence-electron chi connectivity index (χ1n) is 6.73. The second kappa shape index (κ2) is 5.13. The average molecular weight is 259 g/mol. The van der Waals surface area contributed by atoms with Gasteiger partial charge in [-0.15, -0.1) is 0 Å². The van der Waals surface area contributed by atoms with Gasteiger partial charge in [-0.05, 0) is 50.0 Å². The van der Waals surface area contributed by atoms with Gasteiger partial charge in [-0.25, -0.2) is 4.39 Å². The molecule has 4 heteroatoms. The van der Waals surface area contributed by atoms with Crippen molar-refractivity contribution >= 4 is 0 Å². The van der Waals surface area contributed by atoms with Crippen LogP contribution < -0.4 is 5.32 Å². The zero-order valence-electron chi connectivity index (χ0n) is 11.1. The van der Waals surface area contributed by atoms with E-state index in [1.165, 1.54) is 18.6 Å². The van der Waals surface area contributed by atoms with Crippen molar-refractivity contribution in [3.63, 3.8) is 0 Å². The van der Waals surface area contributed by atoms with Gasteiger partial charge in [0.05, 0.1) is 5.69 Å². The zero-order chi connectivity index (χ0) is 13.2. The lowest BCUT2D eigenvalue weighted by Gasteiger charge is -2.07. The summed E-state index contributed by atoms with van der Waals surface area (Å²) in [7, 11) is 0. The predicted molar refractivity (Wildman–Crippen MR) is 73.3 cm³/mol. The summed E-state index contributed by atoms with van der Waals surface area (Å²) in [6.07, 6.45) is 3.28. The third-order valence-electron chi connectivity index (χ3n) is 3.71. The summed E-state index contributed by atoms with van der Waals surface area (Å²) in [6, 6.07) is 6.60. The van der Waals surface area contributed by atoms with E-state index >= 15 is 0 Å². The van der Waals surface area contributed by atoms with Crippen LogP contribution in [0.15, 0.2) is 30.5 Å². The van der Waals surface area contributed by atoms with Crippen LogP contribution in [0.5, 0.6) is 0 Å². The van der Waals surface area contributed by atoms with E-state index in [0.717, 1.165) is 36.5 Å². The molecular formula is C15H18FN3. The number of nitrogens with one attached hydrogen (secondary N) is 1. The summed E-state index contributed by atoms with van der Waals surface area (Å²) in [5.41, 5.74) is 3.11. The van der Waals surface area contributed by atoms with E-state index in [1.54, 1.807) is 12.1 Å². The molecule has 0 aliphatic carbocycles. The van der Waals surface area contributed by atoms with Gasteiger partial charge in [-0.1, -0.05) is 12.1 Å². The molecule has 1 atom stereocenters. The van der Waals surface area contributed by atoms with Crippen molar-refractivity contribution in [2.45, 2.75) is 19.9 Å². The Morgan fingerprint density at radius 3 is 2.84 bits per heavy atom. The molecule has 0 radical (unpaired) electrons. The Hall–Kier alpha value is -1.68. The number of nitrogens with zero attached hydrogens (tertiary/aromatic N) is 2. The molecule has 3 nitrogen and oxygen atoms in total. The molecule has 19 heavy (non-hydrogen) atoms. The predicted octanol–water partition coefficient (Wildman–Crippen LogP) is 2.61. The highest BCUT2D eigenvalue weighted by Gasteiger charge is 2.16. The van der Waals surface area contributed by atoms with Crippen LogP contribution >= 0.6 is 0 Å². The molecule has 0 spiro atoms. The van der Waals surface area contributed by atoms with Crippen LogP contribution in [0.25, 0.3) is 11.1 Å². The fourth-order valence-corrected chi connectivity index (χ4v) is 2.66. The molecule has 100 valence electrons. The first-order chi connectivity index (χ1) is 9.22. The first-order valence-corrected chi connectivity index (χ1v) is 6.73. The minimum absolute atomic E-state index is 0.203. The molecule has 1 aromatic carbocycles. The highest BCUT2D eigenvalue weighted by molar-refractivity contribution is 5.64. The Morgan fingerprint density at radius 2 is 2.16 bits per heavy atom. The van der Waals surface area contributed by atoms with E-state index in [9.17, 15) is 4.39 Å². The van der Waals surface area contributed by atoms with Crippen molar-refractivity contribution in [3.05, 3.63) is 42.0 Å². The molecule has 0 saturated carbocycles. The van der Waals surface area contributed by atoms with Crippen molar-refractivity contribution in [1.82, 2.24) is 15.1 Å². The number of halogens is 1. The largest absolute Gasteiger partial charge is 0.316 e. The van der Waals surface area contributed by atoms with E-state index in [0.29, 0.717) is 5.92 Å². The smallest absolute Gasteiger partial charge is 0.123 e. The fourth-order valence-electron chi connectivity index (χ4n) is 2.66. The van der Waals surface area contributed by atoms with E-state index in [1.807, 2.05) is 11.6 Å². The summed E-state index contributed by atoms with van der Waals surface area (Å²) in [6.45, 7) is 5.14. The fraction of sp³-hybridized carbons (Fsp3) is 0.400. The summed E-state index contributed by atoms with van der Waals surface area (Å²) in [4.78, 5) is 0. The zero-order valence-corrected chi connectivity index (χ0v) is 11.1. The quantitative estimate of drug-likeness (QED) is 0.918. The van der Waals surface area contributed by atoms with Gasteiger partial charge >= 0.3 is 0 Å². The normalized spacial score (nSPS) is 18.9. The number of aryl methyl sites for hydroxylation is 1. The number of rotatable bonds is 3.